The summed E-state index contributed by atoms with van der Waals surface area (Å²) >= 11 is 0. The first-order valence-electron chi connectivity index (χ1n) is 12.2. The molecule has 4 rings (SSSR count). The number of hydrogen-bond donors (Lipinski definition) is 3. The van der Waals surface area contributed by atoms with Crippen LogP contribution >= 0.6 is 0 Å². The minimum absolute atomic E-state index is 0.0481. The Labute approximate surface area is 181 Å². The molecule has 5 nitrogen and oxygen atoms in total. The second kappa shape index (κ2) is 8.10. The zero-order valence-corrected chi connectivity index (χ0v) is 18.9. The molecule has 5 heteroatoms. The second-order valence-corrected chi connectivity index (χ2v) is 11.5. The van der Waals surface area contributed by atoms with E-state index in [0.29, 0.717) is 36.0 Å². The molecule has 30 heavy (non-hydrogen) atoms. The van der Waals surface area contributed by atoms with Crippen molar-refractivity contribution in [2.24, 2.45) is 46.3 Å². The topological polar surface area (TPSA) is 93.4 Å². The molecule has 4 aliphatic rings. The smallest absolute Gasteiger partial charge is 0.221 e. The van der Waals surface area contributed by atoms with Gasteiger partial charge in [0.2, 0.25) is 5.91 Å². The molecule has 0 heterocycles. The van der Waals surface area contributed by atoms with Gasteiger partial charge in [0.25, 0.3) is 0 Å². The summed E-state index contributed by atoms with van der Waals surface area (Å²) in [6.45, 7) is 6.98. The lowest BCUT2D eigenvalue weighted by atomic mass is 9.43. The fourth-order valence-electron chi connectivity index (χ4n) is 8.81. The van der Waals surface area contributed by atoms with Crippen molar-refractivity contribution < 1.29 is 15.0 Å². The summed E-state index contributed by atoms with van der Waals surface area (Å²) in [4.78, 5) is 12.2. The van der Waals surface area contributed by atoms with Gasteiger partial charge in [-0.3, -0.25) is 4.79 Å². The van der Waals surface area contributed by atoms with Crippen molar-refractivity contribution >= 4 is 5.91 Å². The van der Waals surface area contributed by atoms with Gasteiger partial charge in [-0.15, -0.1) is 0 Å². The molecule has 4 aliphatic carbocycles. The van der Waals surface area contributed by atoms with Gasteiger partial charge in [0.15, 0.2) is 0 Å². The molecule has 10 atom stereocenters. The van der Waals surface area contributed by atoms with E-state index in [1.807, 2.05) is 6.07 Å². The molecule has 3 N–H and O–H groups in total. The van der Waals surface area contributed by atoms with Crippen molar-refractivity contribution in [3.63, 3.8) is 0 Å². The van der Waals surface area contributed by atoms with E-state index >= 15 is 0 Å². The van der Waals surface area contributed by atoms with E-state index in [0.717, 1.165) is 38.5 Å². The highest BCUT2D eigenvalue weighted by Gasteiger charge is 2.63. The number of nitrogens with zero attached hydrogens (tertiary/aromatic N) is 1. The van der Waals surface area contributed by atoms with E-state index in [4.69, 9.17) is 5.26 Å². The molecule has 0 bridgehead atoms. The van der Waals surface area contributed by atoms with Crippen LogP contribution in [-0.4, -0.2) is 34.9 Å². The van der Waals surface area contributed by atoms with Crippen molar-refractivity contribution in [3.05, 3.63) is 0 Å². The molecular formula is C25H40N2O3. The quantitative estimate of drug-likeness (QED) is 0.610. The van der Waals surface area contributed by atoms with E-state index < -0.39 is 0 Å². The van der Waals surface area contributed by atoms with E-state index in [1.165, 1.54) is 12.8 Å². The van der Waals surface area contributed by atoms with E-state index in [9.17, 15) is 15.0 Å². The van der Waals surface area contributed by atoms with Gasteiger partial charge in [-0.05, 0) is 97.7 Å². The van der Waals surface area contributed by atoms with Crippen molar-refractivity contribution in [3.8, 4) is 6.07 Å². The van der Waals surface area contributed by atoms with Gasteiger partial charge in [0.1, 0.15) is 6.54 Å². The average molecular weight is 417 g/mol. The third kappa shape index (κ3) is 3.39. The number of carbonyl (C=O) groups excluding carboxylic acids is 1. The van der Waals surface area contributed by atoms with E-state index in [-0.39, 0.29) is 41.4 Å². The molecule has 0 unspecified atom stereocenters. The van der Waals surface area contributed by atoms with Crippen LogP contribution in [0.4, 0.5) is 0 Å². The minimum Gasteiger partial charge on any atom is -0.393 e. The number of fused-ring (bicyclic) bond motifs is 5. The van der Waals surface area contributed by atoms with Crippen molar-refractivity contribution in [2.45, 2.75) is 90.8 Å². The number of hydrogen-bond acceptors (Lipinski definition) is 4. The van der Waals surface area contributed by atoms with Gasteiger partial charge in [-0.25, -0.2) is 0 Å². The van der Waals surface area contributed by atoms with Gasteiger partial charge >= 0.3 is 0 Å². The Morgan fingerprint density at radius 3 is 2.63 bits per heavy atom. The van der Waals surface area contributed by atoms with E-state index in [1.54, 1.807) is 0 Å². The van der Waals surface area contributed by atoms with Gasteiger partial charge < -0.3 is 15.5 Å². The molecule has 0 aromatic carbocycles. The Morgan fingerprint density at radius 2 is 1.90 bits per heavy atom. The van der Waals surface area contributed by atoms with Crippen LogP contribution in [0.3, 0.4) is 0 Å². The Morgan fingerprint density at radius 1 is 1.13 bits per heavy atom. The normalized spacial score (nSPS) is 48.6. The molecule has 168 valence electrons. The highest BCUT2D eigenvalue weighted by molar-refractivity contribution is 5.76. The predicted octanol–water partition coefficient (Wildman–Crippen LogP) is 3.64. The van der Waals surface area contributed by atoms with Crippen molar-refractivity contribution in [1.82, 2.24) is 5.32 Å². The van der Waals surface area contributed by atoms with Crippen LogP contribution in [0.25, 0.3) is 0 Å². The Hall–Kier alpha value is -1.12. The molecule has 0 saturated heterocycles. The molecular weight excluding hydrogens is 376 g/mol. The molecule has 4 saturated carbocycles. The maximum Gasteiger partial charge on any atom is 0.221 e. The number of amides is 1. The lowest BCUT2D eigenvalue weighted by Crippen LogP contribution is -2.58. The van der Waals surface area contributed by atoms with Crippen LogP contribution in [0, 0.1) is 57.7 Å². The number of carbonyl (C=O) groups is 1. The zero-order valence-electron chi connectivity index (χ0n) is 18.9. The van der Waals surface area contributed by atoms with Crippen LogP contribution in [0.1, 0.15) is 78.6 Å². The number of nitriles is 1. The summed E-state index contributed by atoms with van der Waals surface area (Å²) in [5, 5.41) is 33.2. The largest absolute Gasteiger partial charge is 0.393 e. The molecule has 0 aliphatic heterocycles. The Balaban J connectivity index is 1.52. The highest BCUT2D eigenvalue weighted by atomic mass is 16.3. The third-order valence-electron chi connectivity index (χ3n) is 10.4. The Bertz CT molecular complexity index is 705. The van der Waals surface area contributed by atoms with Gasteiger partial charge in [-0.2, -0.15) is 5.26 Å². The first kappa shape index (κ1) is 22.1. The van der Waals surface area contributed by atoms with Crippen molar-refractivity contribution in [1.29, 1.82) is 5.26 Å². The summed E-state index contributed by atoms with van der Waals surface area (Å²) in [6, 6.07) is 1.97. The van der Waals surface area contributed by atoms with Gasteiger partial charge in [0.05, 0.1) is 18.3 Å². The van der Waals surface area contributed by atoms with Crippen LogP contribution in [0.15, 0.2) is 0 Å². The van der Waals surface area contributed by atoms with Crippen LogP contribution < -0.4 is 5.32 Å². The number of aliphatic hydroxyl groups is 2. The maximum atomic E-state index is 12.2. The molecule has 1 amide bonds. The first-order chi connectivity index (χ1) is 14.2. The van der Waals surface area contributed by atoms with Crippen LogP contribution in [-0.2, 0) is 4.79 Å². The fraction of sp³-hybridized carbons (Fsp3) is 0.920. The summed E-state index contributed by atoms with van der Waals surface area (Å²) < 4.78 is 0. The lowest BCUT2D eigenvalue weighted by molar-refractivity contribution is -0.175. The Kier molecular flexibility index (Phi) is 5.96. The molecule has 4 fully saturated rings. The number of nitrogens with one attached hydrogen (secondary N) is 1. The summed E-state index contributed by atoms with van der Waals surface area (Å²) in [7, 11) is 0. The molecule has 0 aromatic rings. The predicted molar refractivity (Wildman–Crippen MR) is 115 cm³/mol. The monoisotopic (exact) mass is 416 g/mol. The molecule has 0 radical (unpaired) electrons. The average Bonchev–Trinajstić information content (AvgIpc) is 3.07. The standard InChI is InChI=1S/C25H40N2O3/c1-15(12-23(30)27-11-10-26)19-6-7-20-18-5-4-16-13-17(28)8-9-24(16,2)21(18)14-22(29)25(19,20)3/h15-22,28-29H,4-9,11-14H2,1-3H3,(H,27,30)/t15-,16-,17-,18+,19-,20+,21+,22+,24+,25-/m1/s1. The number of aliphatic hydroxyl groups excluding tert-OH is 2. The molecule has 0 aromatic heterocycles. The van der Waals surface area contributed by atoms with E-state index in [2.05, 4.69) is 26.1 Å². The lowest BCUT2D eigenvalue weighted by Gasteiger charge is -2.62. The van der Waals surface area contributed by atoms with Gasteiger partial charge in [0, 0.05) is 6.42 Å². The highest BCUT2D eigenvalue weighted by Crippen LogP contribution is 2.68. The summed E-state index contributed by atoms with van der Waals surface area (Å²) in [5.41, 5.74) is 0.138. The van der Waals surface area contributed by atoms with Gasteiger partial charge in [-0.1, -0.05) is 20.8 Å². The first-order valence-corrected chi connectivity index (χ1v) is 12.2. The maximum absolute atomic E-state index is 12.2. The minimum atomic E-state index is -0.316. The number of rotatable bonds is 4. The molecule has 0 spiro atoms. The fourth-order valence-corrected chi connectivity index (χ4v) is 8.81. The summed E-state index contributed by atoms with van der Waals surface area (Å²) in [5.74, 6) is 2.87. The van der Waals surface area contributed by atoms with Crippen LogP contribution in [0.2, 0.25) is 0 Å². The van der Waals surface area contributed by atoms with Crippen molar-refractivity contribution in [2.75, 3.05) is 6.54 Å². The summed E-state index contributed by atoms with van der Waals surface area (Å²) in [6.07, 6.45) is 8.50. The third-order valence-corrected chi connectivity index (χ3v) is 10.4. The SMILES string of the molecule is C[C@H](CC(=O)NCC#N)[C@H]1CC[C@H]2[C@@H]3CC[C@@H]4C[C@H](O)CC[C@]4(C)[C@H]3C[C@H](O)[C@]12C. The second-order valence-electron chi connectivity index (χ2n) is 11.5. The zero-order chi connectivity index (χ0) is 21.7. The van der Waals surface area contributed by atoms with Crippen LogP contribution in [0.5, 0.6) is 0 Å².